The van der Waals surface area contributed by atoms with E-state index in [-0.39, 0.29) is 11.5 Å². The molecule has 2 nitrogen and oxygen atoms in total. The summed E-state index contributed by atoms with van der Waals surface area (Å²) in [5, 5.41) is 9.78. The Labute approximate surface area is 101 Å². The maximum atomic E-state index is 10.5. The summed E-state index contributed by atoms with van der Waals surface area (Å²) < 4.78 is 0. The van der Waals surface area contributed by atoms with Gasteiger partial charge in [-0.3, -0.25) is 0 Å². The van der Waals surface area contributed by atoms with Crippen LogP contribution >= 0.6 is 0 Å². The average molecular weight is 237 g/mol. The molecule has 0 amide bonds. The van der Waals surface area contributed by atoms with Crippen molar-refractivity contribution in [1.29, 1.82) is 0 Å². The topological polar surface area (TPSA) is 46.2 Å². The molecule has 0 aliphatic rings. The minimum Gasteiger partial charge on any atom is -0.392 e. The Balaban J connectivity index is 2.76. The average Bonchev–Trinajstić information content (AvgIpc) is 2.17. The Bertz CT molecular complexity index is 330. The molecular weight excluding hydrogens is 214 g/mol. The molecule has 0 heterocycles. The maximum Gasteiger partial charge on any atom is 0.0647 e. The number of benzene rings is 1. The van der Waals surface area contributed by atoms with Crippen LogP contribution in [0.25, 0.3) is 0 Å². The van der Waals surface area contributed by atoms with Gasteiger partial charge in [0.2, 0.25) is 0 Å². The molecule has 3 N–H and O–H groups in total. The molecule has 0 aromatic heterocycles. The second kappa shape index (κ2) is 4.70. The number of hydrogen-bond acceptors (Lipinski definition) is 2. The molecule has 1 rings (SSSR count). The first-order valence-electron chi connectivity index (χ1n) is 5.77. The van der Waals surface area contributed by atoms with Crippen LogP contribution in [0.5, 0.6) is 0 Å². The highest BCUT2D eigenvalue weighted by atomic mass is 28.1. The van der Waals surface area contributed by atoms with Crippen LogP contribution in [0.2, 0.25) is 0 Å². The summed E-state index contributed by atoms with van der Waals surface area (Å²) in [5.41, 5.74) is 7.18. The summed E-state index contributed by atoms with van der Waals surface area (Å²) >= 11 is 0. The van der Waals surface area contributed by atoms with Crippen LogP contribution in [0, 0.1) is 5.41 Å². The highest BCUT2D eigenvalue weighted by Crippen LogP contribution is 2.30. The Morgan fingerprint density at radius 3 is 2.19 bits per heavy atom. The zero-order valence-corrected chi connectivity index (χ0v) is 12.7. The molecule has 0 bridgehead atoms. The first kappa shape index (κ1) is 13.4. The molecule has 0 fully saturated rings. The van der Waals surface area contributed by atoms with Crippen LogP contribution in [0.15, 0.2) is 30.3 Å². The van der Waals surface area contributed by atoms with Gasteiger partial charge in [0.05, 0.1) is 5.22 Å². The lowest BCUT2D eigenvalue weighted by Gasteiger charge is -2.42. The van der Waals surface area contributed by atoms with E-state index in [1.807, 2.05) is 39.0 Å². The monoisotopic (exact) mass is 237 g/mol. The van der Waals surface area contributed by atoms with Gasteiger partial charge in [0.1, 0.15) is 0 Å². The lowest BCUT2D eigenvalue weighted by Crippen LogP contribution is -2.58. The maximum absolute atomic E-state index is 10.5. The molecule has 1 aromatic carbocycles. The zero-order chi connectivity index (χ0) is 12.4. The van der Waals surface area contributed by atoms with Crippen LogP contribution in [-0.2, 0) is 6.42 Å². The molecule has 0 radical (unpaired) electrons. The highest BCUT2D eigenvalue weighted by molar-refractivity contribution is 6.15. The molecule has 90 valence electrons. The summed E-state index contributed by atoms with van der Waals surface area (Å²) in [6.45, 7) is 6.14. The van der Waals surface area contributed by atoms with E-state index in [2.05, 4.69) is 12.1 Å². The van der Waals surface area contributed by atoms with E-state index in [1.54, 1.807) is 0 Å². The van der Waals surface area contributed by atoms with Crippen LogP contribution < -0.4 is 5.73 Å². The second-order valence-electron chi connectivity index (χ2n) is 5.69. The number of aliphatic hydroxyl groups is 1. The van der Waals surface area contributed by atoms with E-state index in [0.29, 0.717) is 10.2 Å². The van der Waals surface area contributed by atoms with Crippen LogP contribution in [-0.4, -0.2) is 26.6 Å². The van der Waals surface area contributed by atoms with Gasteiger partial charge < -0.3 is 10.8 Å². The number of nitrogens with two attached hydrogens (primary N) is 1. The summed E-state index contributed by atoms with van der Waals surface area (Å²) in [5.74, 6) is 0. The molecular formula is C13H23NOSi. The normalized spacial score (nSPS) is 18.1. The van der Waals surface area contributed by atoms with Gasteiger partial charge in [-0.2, -0.15) is 0 Å². The lowest BCUT2D eigenvalue weighted by molar-refractivity contribution is -0.00266. The van der Waals surface area contributed by atoms with Crippen molar-refractivity contribution in [3.63, 3.8) is 0 Å². The fraction of sp³-hybridized carbons (Fsp3) is 0.538. The third kappa shape index (κ3) is 2.94. The number of rotatable bonds is 3. The third-order valence-corrected chi connectivity index (χ3v) is 5.78. The van der Waals surface area contributed by atoms with Crippen LogP contribution in [0.4, 0.5) is 0 Å². The molecule has 16 heavy (non-hydrogen) atoms. The molecule has 1 aromatic rings. The molecule has 0 saturated heterocycles. The highest BCUT2D eigenvalue weighted by Gasteiger charge is 2.40. The Hall–Kier alpha value is -0.643. The van der Waals surface area contributed by atoms with Crippen molar-refractivity contribution in [3.8, 4) is 0 Å². The summed E-state index contributed by atoms with van der Waals surface area (Å²) in [6.07, 6.45) is 0.734. The molecule has 2 atom stereocenters. The fourth-order valence-electron chi connectivity index (χ4n) is 1.62. The van der Waals surface area contributed by atoms with Gasteiger partial charge in [0, 0.05) is 16.3 Å². The summed E-state index contributed by atoms with van der Waals surface area (Å²) in [6, 6.07) is 9.92. The van der Waals surface area contributed by atoms with Crippen molar-refractivity contribution in [2.24, 2.45) is 11.1 Å². The zero-order valence-electron chi connectivity index (χ0n) is 10.7. The van der Waals surface area contributed by atoms with E-state index in [1.165, 1.54) is 5.56 Å². The quantitative estimate of drug-likeness (QED) is 0.759. The van der Waals surface area contributed by atoms with E-state index in [9.17, 15) is 5.11 Å². The van der Waals surface area contributed by atoms with Gasteiger partial charge in [-0.25, -0.2) is 0 Å². The summed E-state index contributed by atoms with van der Waals surface area (Å²) in [4.78, 5) is 0. The molecule has 1 unspecified atom stereocenters. The molecule has 0 aliphatic heterocycles. The minimum absolute atomic E-state index is 0.159. The Morgan fingerprint density at radius 1 is 1.25 bits per heavy atom. The first-order valence-corrected chi connectivity index (χ1v) is 6.77. The van der Waals surface area contributed by atoms with Crippen molar-refractivity contribution in [2.75, 3.05) is 0 Å². The smallest absolute Gasteiger partial charge is 0.0647 e. The van der Waals surface area contributed by atoms with Gasteiger partial charge in [-0.05, 0) is 17.4 Å². The standard InChI is InChI=1S/C13H23NOSi/c1-12(2,3)13(15,16)11(14)9-10-7-5-4-6-8-10/h4-8,11,15H,9,14H2,1-3,16H3/t11-,13?/m0/s1. The van der Waals surface area contributed by atoms with E-state index >= 15 is 0 Å². The summed E-state index contributed by atoms with van der Waals surface area (Å²) in [7, 11) is 0.682. The SMILES string of the molecule is CC(C)(C)C(O)([SiH3])[C@@H](N)Cc1ccccc1. The van der Waals surface area contributed by atoms with Crippen LogP contribution in [0.1, 0.15) is 26.3 Å². The van der Waals surface area contributed by atoms with Crippen molar-refractivity contribution < 1.29 is 5.11 Å². The predicted molar refractivity (Wildman–Crippen MR) is 72.5 cm³/mol. The predicted octanol–water partition coefficient (Wildman–Crippen LogP) is 0.656. The second-order valence-corrected chi connectivity index (χ2v) is 7.22. The van der Waals surface area contributed by atoms with E-state index in [4.69, 9.17) is 5.73 Å². The van der Waals surface area contributed by atoms with Crippen molar-refractivity contribution >= 4 is 10.2 Å². The van der Waals surface area contributed by atoms with Crippen LogP contribution in [0.3, 0.4) is 0 Å². The first-order chi connectivity index (χ1) is 7.25. The largest absolute Gasteiger partial charge is 0.392 e. The molecule has 3 heteroatoms. The number of hydrogen-bond donors (Lipinski definition) is 2. The van der Waals surface area contributed by atoms with Crippen molar-refractivity contribution in [2.45, 2.75) is 38.5 Å². The van der Waals surface area contributed by atoms with Gasteiger partial charge in [0.15, 0.2) is 0 Å². The van der Waals surface area contributed by atoms with Crippen molar-refractivity contribution in [1.82, 2.24) is 0 Å². The van der Waals surface area contributed by atoms with E-state index < -0.39 is 5.22 Å². The van der Waals surface area contributed by atoms with Gasteiger partial charge >= 0.3 is 0 Å². The van der Waals surface area contributed by atoms with Crippen molar-refractivity contribution in [3.05, 3.63) is 35.9 Å². The third-order valence-electron chi connectivity index (χ3n) is 3.54. The molecule has 0 saturated carbocycles. The Kier molecular flexibility index (Phi) is 3.94. The molecule has 0 aliphatic carbocycles. The van der Waals surface area contributed by atoms with Gasteiger partial charge in [-0.1, -0.05) is 51.1 Å². The van der Waals surface area contributed by atoms with Gasteiger partial charge in [0.25, 0.3) is 0 Å². The van der Waals surface area contributed by atoms with E-state index in [0.717, 1.165) is 6.42 Å². The lowest BCUT2D eigenvalue weighted by atomic mass is 9.82. The molecule has 0 spiro atoms. The fourth-order valence-corrected chi connectivity index (χ4v) is 1.83. The Morgan fingerprint density at radius 2 is 1.75 bits per heavy atom. The minimum atomic E-state index is -0.733. The van der Waals surface area contributed by atoms with Gasteiger partial charge in [-0.15, -0.1) is 0 Å².